The molecule has 1 aliphatic rings. The van der Waals surface area contributed by atoms with Crippen LogP contribution in [-0.2, 0) is 4.79 Å². The number of amides is 1. The third-order valence-corrected chi connectivity index (χ3v) is 7.37. The van der Waals surface area contributed by atoms with Crippen molar-refractivity contribution in [3.63, 3.8) is 0 Å². The number of phenols is 2. The number of non-ortho nitro benzene ring substituents is 1. The Hall–Kier alpha value is -5.67. The lowest BCUT2D eigenvalue weighted by Gasteiger charge is -2.25. The molecule has 1 atom stereocenters. The molecule has 0 bridgehead atoms. The molecular formula is C28H19N5O6S. The summed E-state index contributed by atoms with van der Waals surface area (Å²) in [5, 5.41) is 43.3. The largest absolute Gasteiger partial charge is 0.508 e. The summed E-state index contributed by atoms with van der Waals surface area (Å²) in [6, 6.07) is 19.3. The zero-order valence-electron chi connectivity index (χ0n) is 20.4. The molecule has 198 valence electrons. The Balaban J connectivity index is 1.76. The molecule has 0 fully saturated rings. The van der Waals surface area contributed by atoms with Crippen molar-refractivity contribution in [3.8, 4) is 17.6 Å². The highest BCUT2D eigenvalue weighted by Gasteiger charge is 2.35. The smallest absolute Gasteiger partial charge is 0.274 e. The van der Waals surface area contributed by atoms with Crippen LogP contribution in [0.3, 0.4) is 0 Å². The van der Waals surface area contributed by atoms with E-state index in [4.69, 9.17) is 5.73 Å². The Morgan fingerprint density at radius 3 is 2.23 bits per heavy atom. The minimum atomic E-state index is -0.983. The molecule has 1 amide bonds. The summed E-state index contributed by atoms with van der Waals surface area (Å²) in [7, 11) is 0. The monoisotopic (exact) mass is 553 g/mol. The maximum atomic E-state index is 13.8. The molecule has 4 aromatic rings. The summed E-state index contributed by atoms with van der Waals surface area (Å²) in [5.41, 5.74) is 7.04. The SMILES string of the molecule is N#CC1=C(N)n2c(s/c(=C\c3ccc(O)cc3)c2=O)=C(C(=O)Nc2ccc([N+](=O)[O-])cc2)C1c1ccc(O)cc1. The van der Waals surface area contributed by atoms with Crippen LogP contribution in [0.5, 0.6) is 11.5 Å². The number of fused-ring (bicyclic) bond motifs is 1. The van der Waals surface area contributed by atoms with Crippen molar-refractivity contribution < 1.29 is 19.9 Å². The van der Waals surface area contributed by atoms with Gasteiger partial charge >= 0.3 is 0 Å². The van der Waals surface area contributed by atoms with Gasteiger partial charge in [0, 0.05) is 17.8 Å². The van der Waals surface area contributed by atoms with Gasteiger partial charge in [0.05, 0.1) is 32.6 Å². The lowest BCUT2D eigenvalue weighted by atomic mass is 9.83. The van der Waals surface area contributed by atoms with Crippen LogP contribution in [0.1, 0.15) is 17.0 Å². The molecule has 5 rings (SSSR count). The van der Waals surface area contributed by atoms with Crippen LogP contribution in [0, 0.1) is 21.4 Å². The number of thiazole rings is 1. The Morgan fingerprint density at radius 1 is 1.05 bits per heavy atom. The molecule has 11 nitrogen and oxygen atoms in total. The molecule has 1 aliphatic heterocycles. The summed E-state index contributed by atoms with van der Waals surface area (Å²) >= 11 is 1.00. The molecule has 5 N–H and O–H groups in total. The highest BCUT2D eigenvalue weighted by atomic mass is 32.1. The van der Waals surface area contributed by atoms with Crippen LogP contribution in [-0.4, -0.2) is 25.6 Å². The van der Waals surface area contributed by atoms with Gasteiger partial charge in [0.2, 0.25) is 0 Å². The second-order valence-electron chi connectivity index (χ2n) is 8.75. The van der Waals surface area contributed by atoms with E-state index in [2.05, 4.69) is 5.32 Å². The number of nitrogens with zero attached hydrogens (tertiary/aromatic N) is 3. The fraction of sp³-hybridized carbons (Fsp3) is 0.0357. The van der Waals surface area contributed by atoms with E-state index < -0.39 is 22.3 Å². The van der Waals surface area contributed by atoms with Gasteiger partial charge < -0.3 is 21.3 Å². The molecular weight excluding hydrogens is 534 g/mol. The summed E-state index contributed by atoms with van der Waals surface area (Å²) in [5.74, 6) is -1.73. The summed E-state index contributed by atoms with van der Waals surface area (Å²) in [6.07, 6.45) is 1.58. The van der Waals surface area contributed by atoms with Gasteiger partial charge in [-0.3, -0.25) is 24.3 Å². The van der Waals surface area contributed by atoms with Crippen molar-refractivity contribution in [2.45, 2.75) is 5.92 Å². The lowest BCUT2D eigenvalue weighted by molar-refractivity contribution is -0.384. The second-order valence-corrected chi connectivity index (χ2v) is 9.79. The van der Waals surface area contributed by atoms with Crippen molar-refractivity contribution in [1.82, 2.24) is 4.57 Å². The Bertz CT molecular complexity index is 1920. The number of nitro benzene ring substituents is 1. The van der Waals surface area contributed by atoms with Gasteiger partial charge in [0.25, 0.3) is 17.2 Å². The van der Waals surface area contributed by atoms with Gasteiger partial charge in [0.15, 0.2) is 0 Å². The highest BCUT2D eigenvalue weighted by Crippen LogP contribution is 2.37. The van der Waals surface area contributed by atoms with E-state index in [1.54, 1.807) is 30.3 Å². The minimum Gasteiger partial charge on any atom is -0.508 e. The highest BCUT2D eigenvalue weighted by molar-refractivity contribution is 7.07. The Morgan fingerprint density at radius 2 is 1.65 bits per heavy atom. The number of nitrogens with one attached hydrogen (secondary N) is 1. The van der Waals surface area contributed by atoms with E-state index in [-0.39, 0.29) is 49.0 Å². The number of phenolic OH excluding ortho intramolecular Hbond substituents is 2. The van der Waals surface area contributed by atoms with Gasteiger partial charge in [-0.25, -0.2) is 0 Å². The third-order valence-electron chi connectivity index (χ3n) is 6.27. The van der Waals surface area contributed by atoms with Gasteiger partial charge in [0.1, 0.15) is 22.0 Å². The van der Waals surface area contributed by atoms with E-state index >= 15 is 0 Å². The maximum absolute atomic E-state index is 13.8. The van der Waals surface area contributed by atoms with Crippen molar-refractivity contribution in [3.05, 3.63) is 119 Å². The summed E-state index contributed by atoms with van der Waals surface area (Å²) in [4.78, 5) is 37.8. The van der Waals surface area contributed by atoms with Crippen molar-refractivity contribution in [1.29, 1.82) is 5.26 Å². The van der Waals surface area contributed by atoms with E-state index in [0.29, 0.717) is 11.1 Å². The van der Waals surface area contributed by atoms with E-state index in [0.717, 1.165) is 15.9 Å². The molecule has 40 heavy (non-hydrogen) atoms. The van der Waals surface area contributed by atoms with E-state index in [1.807, 2.05) is 6.07 Å². The number of nitriles is 1. The Labute approximate surface area is 229 Å². The Kier molecular flexibility index (Phi) is 6.64. The number of hydrogen-bond acceptors (Lipinski definition) is 9. The van der Waals surface area contributed by atoms with Crippen molar-refractivity contribution in [2.75, 3.05) is 5.32 Å². The van der Waals surface area contributed by atoms with Crippen molar-refractivity contribution in [2.24, 2.45) is 5.73 Å². The zero-order chi connectivity index (χ0) is 28.6. The zero-order valence-corrected chi connectivity index (χ0v) is 21.3. The molecule has 0 spiro atoms. The molecule has 0 aliphatic carbocycles. The van der Waals surface area contributed by atoms with Gasteiger partial charge in [-0.2, -0.15) is 5.26 Å². The van der Waals surface area contributed by atoms with Gasteiger partial charge in [-0.1, -0.05) is 24.3 Å². The number of carbonyl (C=O) groups excluding carboxylic acids is 1. The van der Waals surface area contributed by atoms with Crippen LogP contribution >= 0.6 is 11.3 Å². The number of carbonyl (C=O) groups is 1. The first-order valence-corrected chi connectivity index (χ1v) is 12.5. The number of aromatic hydroxyl groups is 2. The van der Waals surface area contributed by atoms with Crippen LogP contribution in [0.25, 0.3) is 17.5 Å². The first kappa shape index (κ1) is 26.0. The lowest BCUT2D eigenvalue weighted by Crippen LogP contribution is -2.40. The van der Waals surface area contributed by atoms with Crippen LogP contribution in [0.2, 0.25) is 0 Å². The van der Waals surface area contributed by atoms with Crippen LogP contribution in [0.4, 0.5) is 11.4 Å². The number of benzene rings is 3. The molecule has 3 aromatic carbocycles. The number of rotatable bonds is 5. The molecule has 12 heteroatoms. The molecule has 2 heterocycles. The number of hydrogen-bond donors (Lipinski definition) is 4. The van der Waals surface area contributed by atoms with Gasteiger partial charge in [-0.05, 0) is 53.6 Å². The maximum Gasteiger partial charge on any atom is 0.274 e. The standard InChI is InChI=1S/C28H19N5O6S/c29-14-21-23(16-3-11-20(35)12-4-16)24(26(36)31-17-5-7-18(8-6-17)33(38)39)28-32(25(21)30)27(37)22(40-28)13-15-1-9-19(34)10-2-15/h1-13,23,34-35H,30H2,(H,31,36)/b22-13-. The van der Waals surface area contributed by atoms with Crippen LogP contribution < -0.4 is 25.8 Å². The second kappa shape index (κ2) is 10.2. The molecule has 0 radical (unpaired) electrons. The van der Waals surface area contributed by atoms with Crippen LogP contribution in [0.15, 0.2) is 83.2 Å². The normalized spacial score (nSPS) is 14.9. The topological polar surface area (TPSA) is 185 Å². The molecule has 0 saturated heterocycles. The minimum absolute atomic E-state index is 0.0225. The first-order chi connectivity index (χ1) is 19.2. The van der Waals surface area contributed by atoms with Crippen molar-refractivity contribution >= 4 is 46.1 Å². The molecule has 0 saturated carbocycles. The predicted octanol–water partition coefficient (Wildman–Crippen LogP) is 2.30. The van der Waals surface area contributed by atoms with Gasteiger partial charge in [-0.15, -0.1) is 11.3 Å². The number of nitro groups is 1. The summed E-state index contributed by atoms with van der Waals surface area (Å²) in [6.45, 7) is 0. The summed E-state index contributed by atoms with van der Waals surface area (Å²) < 4.78 is 1.55. The fourth-order valence-corrected chi connectivity index (χ4v) is 5.53. The van der Waals surface area contributed by atoms with E-state index in [1.165, 1.54) is 48.5 Å². The number of anilines is 1. The average molecular weight is 554 g/mol. The fourth-order valence-electron chi connectivity index (χ4n) is 4.35. The quantitative estimate of drug-likeness (QED) is 0.214. The predicted molar refractivity (Wildman–Crippen MR) is 149 cm³/mol. The number of allylic oxidation sites excluding steroid dienone is 1. The molecule has 1 aromatic heterocycles. The molecule has 1 unspecified atom stereocenters. The van der Waals surface area contributed by atoms with E-state index in [9.17, 15) is 35.2 Å². The first-order valence-electron chi connectivity index (χ1n) is 11.7. The number of aromatic nitrogens is 1. The number of nitrogens with two attached hydrogens (primary N) is 1. The third kappa shape index (κ3) is 4.68. The average Bonchev–Trinajstić information content (AvgIpc) is 3.26.